The van der Waals surface area contributed by atoms with Crippen LogP contribution in [0, 0.1) is 18.6 Å². The van der Waals surface area contributed by atoms with Gasteiger partial charge in [-0.25, -0.2) is 22.9 Å². The third kappa shape index (κ3) is 3.87. The number of aromatic nitrogens is 3. The summed E-state index contributed by atoms with van der Waals surface area (Å²) in [6.45, 7) is 0.786. The van der Waals surface area contributed by atoms with Crippen LogP contribution in [0.5, 0.6) is 0 Å². The zero-order valence-electron chi connectivity index (χ0n) is 17.2. The molecule has 34 heavy (non-hydrogen) atoms. The van der Waals surface area contributed by atoms with Gasteiger partial charge in [-0.05, 0) is 43.3 Å². The van der Waals surface area contributed by atoms with Crippen molar-refractivity contribution in [2.75, 3.05) is 0 Å². The molecule has 0 amide bonds. The minimum Gasteiger partial charge on any atom is -0.477 e. The molecule has 0 atom stereocenters. The van der Waals surface area contributed by atoms with Crippen molar-refractivity contribution in [3.05, 3.63) is 97.5 Å². The summed E-state index contributed by atoms with van der Waals surface area (Å²) >= 11 is 0. The first kappa shape index (κ1) is 23.0. The molecule has 0 aliphatic heterocycles. The molecular formula is C22H14F5N3O4. The SMILES string of the molecule is Cc1cc(=O)n(-c2c(C(=O)O)n(Cc3cc(F)ccc3F)c3ccc(C(F)(F)F)cc23)c(=O)[nH]1. The molecule has 2 aromatic carbocycles. The van der Waals surface area contributed by atoms with Crippen LogP contribution in [-0.2, 0) is 12.7 Å². The quantitative estimate of drug-likeness (QED) is 0.435. The van der Waals surface area contributed by atoms with E-state index in [9.17, 15) is 41.4 Å². The lowest BCUT2D eigenvalue weighted by Crippen LogP contribution is -2.34. The summed E-state index contributed by atoms with van der Waals surface area (Å²) in [5, 5.41) is 9.55. The van der Waals surface area contributed by atoms with Crippen molar-refractivity contribution in [3.63, 3.8) is 0 Å². The number of aromatic carboxylic acids is 1. The summed E-state index contributed by atoms with van der Waals surface area (Å²) in [5.74, 6) is -3.42. The van der Waals surface area contributed by atoms with E-state index in [1.54, 1.807) is 0 Å². The molecule has 7 nitrogen and oxygen atoms in total. The van der Waals surface area contributed by atoms with Gasteiger partial charge in [0.15, 0.2) is 5.69 Å². The Morgan fingerprint density at radius 3 is 2.38 bits per heavy atom. The van der Waals surface area contributed by atoms with E-state index in [1.807, 2.05) is 0 Å². The van der Waals surface area contributed by atoms with Gasteiger partial charge in [0.25, 0.3) is 5.56 Å². The fraction of sp³-hybridized carbons (Fsp3) is 0.136. The van der Waals surface area contributed by atoms with Crippen LogP contribution in [0.2, 0.25) is 0 Å². The maximum absolute atomic E-state index is 14.3. The Hall–Kier alpha value is -4.22. The number of aromatic amines is 1. The van der Waals surface area contributed by atoms with Gasteiger partial charge >= 0.3 is 17.8 Å². The zero-order chi connectivity index (χ0) is 24.9. The highest BCUT2D eigenvalue weighted by Crippen LogP contribution is 2.36. The van der Waals surface area contributed by atoms with E-state index >= 15 is 0 Å². The maximum Gasteiger partial charge on any atom is 0.416 e. The molecule has 2 N–H and O–H groups in total. The first-order chi connectivity index (χ1) is 15.9. The smallest absolute Gasteiger partial charge is 0.416 e. The Morgan fingerprint density at radius 1 is 1.06 bits per heavy atom. The second kappa shape index (κ2) is 7.97. The number of carboxylic acid groups (broad SMARTS) is 1. The lowest BCUT2D eigenvalue weighted by molar-refractivity contribution is -0.137. The number of aryl methyl sites for hydroxylation is 1. The van der Waals surface area contributed by atoms with E-state index in [1.165, 1.54) is 6.92 Å². The summed E-state index contributed by atoms with van der Waals surface area (Å²) < 4.78 is 69.6. The fourth-order valence-corrected chi connectivity index (χ4v) is 3.78. The van der Waals surface area contributed by atoms with Gasteiger partial charge < -0.3 is 14.7 Å². The van der Waals surface area contributed by atoms with Gasteiger partial charge in [-0.15, -0.1) is 0 Å². The van der Waals surface area contributed by atoms with Gasteiger partial charge in [0.05, 0.1) is 23.3 Å². The number of carbonyl (C=O) groups is 1. The van der Waals surface area contributed by atoms with Crippen LogP contribution in [-0.4, -0.2) is 25.2 Å². The number of halogens is 5. The number of fused-ring (bicyclic) bond motifs is 1. The van der Waals surface area contributed by atoms with Crippen molar-refractivity contribution in [2.45, 2.75) is 19.6 Å². The van der Waals surface area contributed by atoms with Crippen molar-refractivity contribution in [3.8, 4) is 5.69 Å². The summed E-state index contributed by atoms with van der Waals surface area (Å²) in [7, 11) is 0. The molecule has 176 valence electrons. The molecule has 0 radical (unpaired) electrons. The molecule has 0 spiro atoms. The van der Waals surface area contributed by atoms with E-state index < -0.39 is 58.5 Å². The lowest BCUT2D eigenvalue weighted by atomic mass is 10.1. The molecule has 12 heteroatoms. The highest BCUT2D eigenvalue weighted by atomic mass is 19.4. The summed E-state index contributed by atoms with van der Waals surface area (Å²) in [6.07, 6.45) is -4.82. The molecular weight excluding hydrogens is 465 g/mol. The normalized spacial score (nSPS) is 11.8. The van der Waals surface area contributed by atoms with Gasteiger partial charge in [-0.1, -0.05) is 0 Å². The van der Waals surface area contributed by atoms with E-state index in [4.69, 9.17) is 0 Å². The number of H-pyrrole nitrogens is 1. The van der Waals surface area contributed by atoms with Gasteiger partial charge in [0, 0.05) is 22.7 Å². The van der Waals surface area contributed by atoms with Gasteiger partial charge in [-0.2, -0.15) is 13.2 Å². The van der Waals surface area contributed by atoms with Crippen LogP contribution in [0.3, 0.4) is 0 Å². The van der Waals surface area contributed by atoms with Crippen molar-refractivity contribution in [1.29, 1.82) is 0 Å². The maximum atomic E-state index is 14.3. The molecule has 4 rings (SSSR count). The summed E-state index contributed by atoms with van der Waals surface area (Å²) in [5.41, 5.74) is -4.91. The molecule has 4 aromatic rings. The fourth-order valence-electron chi connectivity index (χ4n) is 3.78. The number of rotatable bonds is 4. The Balaban J connectivity index is 2.16. The Labute approximate surface area is 186 Å². The van der Waals surface area contributed by atoms with Gasteiger partial charge in [-0.3, -0.25) is 4.79 Å². The number of nitrogens with zero attached hydrogens (tertiary/aromatic N) is 2. The topological polar surface area (TPSA) is 97.1 Å². The monoisotopic (exact) mass is 479 g/mol. The van der Waals surface area contributed by atoms with Crippen LogP contribution in [0.1, 0.15) is 27.3 Å². The predicted molar refractivity (Wildman–Crippen MR) is 110 cm³/mol. The van der Waals surface area contributed by atoms with Crippen LogP contribution < -0.4 is 11.2 Å². The van der Waals surface area contributed by atoms with Gasteiger partial charge in [0.2, 0.25) is 0 Å². The van der Waals surface area contributed by atoms with Crippen LogP contribution in [0.4, 0.5) is 22.0 Å². The number of alkyl halides is 3. The number of hydrogen-bond donors (Lipinski definition) is 2. The van der Waals surface area contributed by atoms with Crippen LogP contribution in [0.25, 0.3) is 16.6 Å². The average Bonchev–Trinajstić information content (AvgIpc) is 3.03. The average molecular weight is 479 g/mol. The number of hydrogen-bond acceptors (Lipinski definition) is 3. The van der Waals surface area contributed by atoms with Crippen molar-refractivity contribution in [2.24, 2.45) is 0 Å². The number of carboxylic acids is 1. The van der Waals surface area contributed by atoms with Crippen molar-refractivity contribution >= 4 is 16.9 Å². The van der Waals surface area contributed by atoms with Crippen LogP contribution in [0.15, 0.2) is 52.1 Å². The standard InChI is InChI=1S/C22H14F5N3O4/c1-10-6-17(31)30(21(34)28-10)18-14-8-12(22(25,26)27)2-5-16(14)29(19(18)20(32)33)9-11-7-13(23)3-4-15(11)24/h2-8H,9H2,1H3,(H,28,34)(H,32,33). The number of benzene rings is 2. The molecule has 0 saturated carbocycles. The van der Waals surface area contributed by atoms with Crippen molar-refractivity contribution in [1.82, 2.24) is 14.1 Å². The third-order valence-electron chi connectivity index (χ3n) is 5.19. The first-order valence-corrected chi connectivity index (χ1v) is 9.62. The van der Waals surface area contributed by atoms with E-state index in [0.717, 1.165) is 34.9 Å². The summed E-state index contributed by atoms with van der Waals surface area (Å²) in [4.78, 5) is 39.8. The highest BCUT2D eigenvalue weighted by molar-refractivity contribution is 6.03. The zero-order valence-corrected chi connectivity index (χ0v) is 17.2. The molecule has 0 saturated heterocycles. The molecule has 0 aliphatic rings. The van der Waals surface area contributed by atoms with E-state index in [0.29, 0.717) is 16.7 Å². The third-order valence-corrected chi connectivity index (χ3v) is 5.19. The Bertz CT molecular complexity index is 1550. The summed E-state index contributed by atoms with van der Waals surface area (Å²) in [6, 6.07) is 5.65. The van der Waals surface area contributed by atoms with Crippen LogP contribution >= 0.6 is 0 Å². The molecule has 0 aliphatic carbocycles. The lowest BCUT2D eigenvalue weighted by Gasteiger charge is -2.11. The first-order valence-electron chi connectivity index (χ1n) is 9.62. The second-order valence-corrected chi connectivity index (χ2v) is 7.49. The largest absolute Gasteiger partial charge is 0.477 e. The van der Waals surface area contributed by atoms with Crippen molar-refractivity contribution < 1.29 is 31.9 Å². The molecule has 0 unspecified atom stereocenters. The number of nitrogens with one attached hydrogen (secondary N) is 1. The Kier molecular flexibility index (Phi) is 5.38. The van der Waals surface area contributed by atoms with E-state index in [-0.39, 0.29) is 22.2 Å². The molecule has 0 bridgehead atoms. The second-order valence-electron chi connectivity index (χ2n) is 7.49. The molecule has 2 aromatic heterocycles. The Morgan fingerprint density at radius 2 is 1.76 bits per heavy atom. The van der Waals surface area contributed by atoms with Gasteiger partial charge in [0.1, 0.15) is 11.6 Å². The highest BCUT2D eigenvalue weighted by Gasteiger charge is 2.33. The minimum absolute atomic E-state index is 0.143. The minimum atomic E-state index is -4.82. The predicted octanol–water partition coefficient (Wildman–Crippen LogP) is 3.83. The molecule has 0 fully saturated rings. The molecule has 2 heterocycles. The van der Waals surface area contributed by atoms with E-state index in [2.05, 4.69) is 4.98 Å².